The molecule has 0 aromatic heterocycles. The molecule has 1 aromatic rings. The molecule has 0 spiro atoms. The van der Waals surface area contributed by atoms with E-state index in [2.05, 4.69) is 33.9 Å². The molecule has 2 amide bonds. The van der Waals surface area contributed by atoms with Gasteiger partial charge in [-0.3, -0.25) is 19.4 Å². The van der Waals surface area contributed by atoms with Gasteiger partial charge >= 0.3 is 0 Å². The summed E-state index contributed by atoms with van der Waals surface area (Å²) in [7, 11) is 0. The second-order valence-corrected chi connectivity index (χ2v) is 9.49. The van der Waals surface area contributed by atoms with Gasteiger partial charge in [0.1, 0.15) is 0 Å². The molecule has 0 radical (unpaired) electrons. The number of nitrogens with zero attached hydrogens (tertiary/aromatic N) is 3. The molecular formula is C24H38N4O2. The largest absolute Gasteiger partial charge is 0.341 e. The van der Waals surface area contributed by atoms with Crippen LogP contribution < -0.4 is 5.32 Å². The molecule has 0 aliphatic carbocycles. The maximum absolute atomic E-state index is 13.0. The van der Waals surface area contributed by atoms with E-state index in [1.165, 1.54) is 6.42 Å². The highest BCUT2D eigenvalue weighted by molar-refractivity contribution is 5.93. The maximum atomic E-state index is 13.0. The highest BCUT2D eigenvalue weighted by Gasteiger charge is 2.32. The minimum absolute atomic E-state index is 0.0290. The molecule has 2 heterocycles. The molecule has 166 valence electrons. The van der Waals surface area contributed by atoms with Gasteiger partial charge in [-0.1, -0.05) is 32.0 Å². The number of aryl methyl sites for hydroxylation is 2. The van der Waals surface area contributed by atoms with Crippen LogP contribution >= 0.6 is 0 Å². The van der Waals surface area contributed by atoms with E-state index < -0.39 is 0 Å². The maximum Gasteiger partial charge on any atom is 0.239 e. The number of nitrogens with one attached hydrogen (secondary N) is 1. The summed E-state index contributed by atoms with van der Waals surface area (Å²) in [5.74, 6) is 1.45. The summed E-state index contributed by atoms with van der Waals surface area (Å²) in [5.41, 5.74) is 3.09. The Hall–Kier alpha value is -1.92. The third-order valence-electron chi connectivity index (χ3n) is 6.61. The lowest BCUT2D eigenvalue weighted by molar-refractivity contribution is -0.140. The van der Waals surface area contributed by atoms with Crippen LogP contribution in [0.25, 0.3) is 0 Å². The number of carbonyl (C=O) groups is 2. The number of likely N-dealkylation sites (tertiary alicyclic amines) is 1. The number of carbonyl (C=O) groups excluding carboxylic acids is 2. The van der Waals surface area contributed by atoms with Crippen LogP contribution in [0.15, 0.2) is 18.2 Å². The molecule has 1 aromatic carbocycles. The number of piperidine rings is 1. The van der Waals surface area contributed by atoms with E-state index in [9.17, 15) is 9.59 Å². The molecule has 2 aliphatic heterocycles. The van der Waals surface area contributed by atoms with Gasteiger partial charge in [0, 0.05) is 45.0 Å². The molecule has 2 fully saturated rings. The first-order valence-electron chi connectivity index (χ1n) is 11.4. The van der Waals surface area contributed by atoms with E-state index in [0.29, 0.717) is 18.4 Å². The Morgan fingerprint density at radius 1 is 1.03 bits per heavy atom. The van der Waals surface area contributed by atoms with E-state index in [1.54, 1.807) is 0 Å². The zero-order valence-electron chi connectivity index (χ0n) is 19.3. The van der Waals surface area contributed by atoms with Crippen molar-refractivity contribution in [1.82, 2.24) is 14.7 Å². The number of hydrogen-bond acceptors (Lipinski definition) is 4. The van der Waals surface area contributed by atoms with Crippen molar-refractivity contribution in [2.75, 3.05) is 51.1 Å². The standard InChI is InChI=1S/C24H38N4O2/c1-17-13-18(2)15-28(14-17)24(30)21(5)27-11-9-26(10-12-27)16-22(29)25-23-19(3)7-6-8-20(23)4/h6-8,17-18,21H,9-16H2,1-5H3,(H,25,29)/t17-,18+,21-/m0/s1. The van der Waals surface area contributed by atoms with Gasteiger partial charge in [0.05, 0.1) is 12.6 Å². The number of hydrogen-bond donors (Lipinski definition) is 1. The number of anilines is 1. The van der Waals surface area contributed by atoms with Crippen LogP contribution in [0, 0.1) is 25.7 Å². The number of para-hydroxylation sites is 1. The number of rotatable bonds is 5. The van der Waals surface area contributed by atoms with Crippen LogP contribution in [0.2, 0.25) is 0 Å². The van der Waals surface area contributed by atoms with Crippen molar-refractivity contribution in [3.05, 3.63) is 29.3 Å². The van der Waals surface area contributed by atoms with Crippen LogP contribution in [-0.4, -0.2) is 78.4 Å². The highest BCUT2D eigenvalue weighted by atomic mass is 16.2. The van der Waals surface area contributed by atoms with Crippen molar-refractivity contribution < 1.29 is 9.59 Å². The molecule has 2 saturated heterocycles. The second-order valence-electron chi connectivity index (χ2n) is 9.49. The minimum atomic E-state index is -0.0897. The summed E-state index contributed by atoms with van der Waals surface area (Å²) >= 11 is 0. The molecule has 2 aliphatic rings. The highest BCUT2D eigenvalue weighted by Crippen LogP contribution is 2.23. The lowest BCUT2D eigenvalue weighted by atomic mass is 9.91. The Morgan fingerprint density at radius 3 is 2.17 bits per heavy atom. The Bertz CT molecular complexity index is 727. The van der Waals surface area contributed by atoms with Crippen LogP contribution in [0.4, 0.5) is 5.69 Å². The Morgan fingerprint density at radius 2 is 1.60 bits per heavy atom. The summed E-state index contributed by atoms with van der Waals surface area (Å²) in [6.07, 6.45) is 1.21. The molecule has 3 atom stereocenters. The van der Waals surface area contributed by atoms with Gasteiger partial charge in [0.25, 0.3) is 0 Å². The van der Waals surface area contributed by atoms with E-state index in [1.807, 2.05) is 39.0 Å². The van der Waals surface area contributed by atoms with Crippen LogP contribution in [0.5, 0.6) is 0 Å². The van der Waals surface area contributed by atoms with Gasteiger partial charge in [-0.25, -0.2) is 0 Å². The van der Waals surface area contributed by atoms with Crippen molar-refractivity contribution in [2.45, 2.75) is 47.1 Å². The Balaban J connectivity index is 1.47. The molecule has 3 rings (SSSR count). The van der Waals surface area contributed by atoms with E-state index in [4.69, 9.17) is 0 Å². The third kappa shape index (κ3) is 5.61. The Kier molecular flexibility index (Phi) is 7.53. The lowest BCUT2D eigenvalue weighted by Crippen LogP contribution is -2.56. The molecule has 1 N–H and O–H groups in total. The fraction of sp³-hybridized carbons (Fsp3) is 0.667. The summed E-state index contributed by atoms with van der Waals surface area (Å²) in [4.78, 5) is 32.1. The molecular weight excluding hydrogens is 376 g/mol. The van der Waals surface area contributed by atoms with Crippen LogP contribution in [-0.2, 0) is 9.59 Å². The van der Waals surface area contributed by atoms with Crippen molar-refractivity contribution in [2.24, 2.45) is 11.8 Å². The van der Waals surface area contributed by atoms with Gasteiger partial charge in [-0.2, -0.15) is 0 Å². The summed E-state index contributed by atoms with van der Waals surface area (Å²) < 4.78 is 0. The quantitative estimate of drug-likeness (QED) is 0.805. The van der Waals surface area contributed by atoms with E-state index in [0.717, 1.165) is 56.1 Å². The number of piperazine rings is 1. The summed E-state index contributed by atoms with van der Waals surface area (Å²) in [6, 6.07) is 5.95. The molecule has 0 saturated carbocycles. The van der Waals surface area contributed by atoms with Crippen molar-refractivity contribution in [3.8, 4) is 0 Å². The molecule has 0 bridgehead atoms. The van der Waals surface area contributed by atoms with Gasteiger partial charge in [0.2, 0.25) is 11.8 Å². The van der Waals surface area contributed by atoms with Crippen molar-refractivity contribution in [1.29, 1.82) is 0 Å². The third-order valence-corrected chi connectivity index (χ3v) is 6.61. The SMILES string of the molecule is Cc1cccc(C)c1NC(=O)CN1CCN([C@@H](C)C(=O)N2C[C@H](C)C[C@H](C)C2)CC1. The second kappa shape index (κ2) is 9.92. The van der Waals surface area contributed by atoms with Crippen molar-refractivity contribution in [3.63, 3.8) is 0 Å². The van der Waals surface area contributed by atoms with Crippen molar-refractivity contribution >= 4 is 17.5 Å². The summed E-state index contributed by atoms with van der Waals surface area (Å²) in [6.45, 7) is 16.0. The first-order valence-corrected chi connectivity index (χ1v) is 11.4. The average molecular weight is 415 g/mol. The first-order chi connectivity index (χ1) is 14.2. The van der Waals surface area contributed by atoms with Gasteiger partial charge in [-0.15, -0.1) is 0 Å². The summed E-state index contributed by atoms with van der Waals surface area (Å²) in [5, 5.41) is 3.07. The molecule has 6 heteroatoms. The predicted octanol–water partition coefficient (Wildman–Crippen LogP) is 2.75. The average Bonchev–Trinajstić information content (AvgIpc) is 2.69. The monoisotopic (exact) mass is 414 g/mol. The molecule has 0 unspecified atom stereocenters. The topological polar surface area (TPSA) is 55.9 Å². The minimum Gasteiger partial charge on any atom is -0.341 e. The normalized spacial score (nSPS) is 24.5. The van der Waals surface area contributed by atoms with E-state index >= 15 is 0 Å². The fourth-order valence-corrected chi connectivity index (χ4v) is 4.97. The zero-order chi connectivity index (χ0) is 21.8. The Labute approximate surface area is 181 Å². The first kappa shape index (κ1) is 22.8. The molecule has 6 nitrogen and oxygen atoms in total. The fourth-order valence-electron chi connectivity index (χ4n) is 4.97. The lowest BCUT2D eigenvalue weighted by Gasteiger charge is -2.41. The smallest absolute Gasteiger partial charge is 0.239 e. The van der Waals surface area contributed by atoms with Gasteiger partial charge < -0.3 is 10.2 Å². The van der Waals surface area contributed by atoms with Crippen LogP contribution in [0.1, 0.15) is 38.3 Å². The molecule has 30 heavy (non-hydrogen) atoms. The van der Waals surface area contributed by atoms with Gasteiger partial charge in [0.15, 0.2) is 0 Å². The van der Waals surface area contributed by atoms with Crippen LogP contribution in [0.3, 0.4) is 0 Å². The number of amides is 2. The van der Waals surface area contributed by atoms with E-state index in [-0.39, 0.29) is 17.9 Å². The zero-order valence-corrected chi connectivity index (χ0v) is 19.3. The predicted molar refractivity (Wildman–Crippen MR) is 122 cm³/mol. The van der Waals surface area contributed by atoms with Gasteiger partial charge in [-0.05, 0) is 50.2 Å². The number of benzene rings is 1.